The molecule has 0 aromatic heterocycles. The predicted octanol–water partition coefficient (Wildman–Crippen LogP) is 0.206. The minimum Gasteiger partial charge on any atom is -1.00 e. The monoisotopic (exact) mass is 328 g/mol. The maximum Gasteiger partial charge on any atom is 1.00 e. The molecule has 0 aliphatic rings. The number of benzene rings is 2. The molecule has 1 N–H and O–H groups in total. The Kier molecular flexibility index (Phi) is 6.12. The van der Waals surface area contributed by atoms with Crippen molar-refractivity contribution in [1.82, 2.24) is 0 Å². The smallest absolute Gasteiger partial charge is 1.00 e. The Morgan fingerprint density at radius 1 is 1.05 bits per heavy atom. The number of hydrogen-bond donors (Lipinski definition) is 1. The van der Waals surface area contributed by atoms with E-state index >= 15 is 0 Å². The molecule has 6 heteroatoms. The summed E-state index contributed by atoms with van der Waals surface area (Å²) in [6.07, 6.45) is 0. The Labute approximate surface area is 154 Å². The summed E-state index contributed by atoms with van der Waals surface area (Å²) in [6.45, 7) is 4.89. The largest absolute Gasteiger partial charge is 1.00 e. The average molecular weight is 328 g/mol. The van der Waals surface area contributed by atoms with Crippen LogP contribution in [-0.4, -0.2) is 18.8 Å². The fourth-order valence-electron chi connectivity index (χ4n) is 2.65. The van der Waals surface area contributed by atoms with Crippen molar-refractivity contribution < 1.29 is 48.7 Å². The number of ketones is 1. The molecule has 0 spiro atoms. The van der Waals surface area contributed by atoms with E-state index in [0.29, 0.717) is 22.3 Å². The van der Waals surface area contributed by atoms with Crippen LogP contribution in [0.5, 0.6) is 0 Å². The second-order valence-electron chi connectivity index (χ2n) is 5.01. The van der Waals surface area contributed by atoms with Crippen molar-refractivity contribution >= 4 is 15.9 Å². The van der Waals surface area contributed by atoms with Gasteiger partial charge in [0.2, 0.25) is 0 Å². The second-order valence-corrected chi connectivity index (χ2v) is 6.37. The van der Waals surface area contributed by atoms with Gasteiger partial charge in [0.25, 0.3) is 10.1 Å². The standard InChI is InChI=1S/C16H16O4S.Na.H/c1-10-9-11(2)16(21(18,19)20)12(3)14(10)15(17)13-7-5-4-6-8-13;;/h4-9H,1-3H3,(H,18,19,20);;/q;+1;-1. The van der Waals surface area contributed by atoms with Crippen molar-refractivity contribution in [2.75, 3.05) is 0 Å². The minimum absolute atomic E-state index is 0. The first-order chi connectivity index (χ1) is 9.73. The third-order valence-corrected chi connectivity index (χ3v) is 4.57. The van der Waals surface area contributed by atoms with Gasteiger partial charge in [-0.15, -0.1) is 0 Å². The molecule has 0 radical (unpaired) electrons. The van der Waals surface area contributed by atoms with E-state index in [4.69, 9.17) is 0 Å². The SMILES string of the molecule is Cc1cc(C)c(S(=O)(=O)O)c(C)c1C(=O)c1ccccc1.[H-].[Na+]. The Morgan fingerprint density at radius 2 is 1.59 bits per heavy atom. The van der Waals surface area contributed by atoms with Crippen molar-refractivity contribution in [1.29, 1.82) is 0 Å². The molecule has 0 aliphatic carbocycles. The number of carbonyl (C=O) groups is 1. The van der Waals surface area contributed by atoms with Gasteiger partial charge in [-0.3, -0.25) is 9.35 Å². The molecule has 2 aromatic carbocycles. The molecular formula is C16H17NaO4S. The molecule has 22 heavy (non-hydrogen) atoms. The summed E-state index contributed by atoms with van der Waals surface area (Å²) in [5.41, 5.74) is 2.19. The van der Waals surface area contributed by atoms with Crippen LogP contribution in [0, 0.1) is 20.8 Å². The first-order valence-electron chi connectivity index (χ1n) is 6.41. The van der Waals surface area contributed by atoms with Gasteiger partial charge in [-0.05, 0) is 37.5 Å². The Bertz CT molecular complexity index is 818. The van der Waals surface area contributed by atoms with Gasteiger partial charge in [-0.2, -0.15) is 8.42 Å². The fourth-order valence-corrected chi connectivity index (χ4v) is 3.60. The molecular weight excluding hydrogens is 311 g/mol. The molecule has 112 valence electrons. The zero-order valence-electron chi connectivity index (χ0n) is 14.0. The molecule has 0 atom stereocenters. The van der Waals surface area contributed by atoms with Crippen LogP contribution >= 0.6 is 0 Å². The van der Waals surface area contributed by atoms with Gasteiger partial charge in [0, 0.05) is 11.1 Å². The number of rotatable bonds is 3. The molecule has 2 aromatic rings. The van der Waals surface area contributed by atoms with E-state index in [0.717, 1.165) is 0 Å². The van der Waals surface area contributed by atoms with Crippen molar-refractivity contribution in [2.24, 2.45) is 0 Å². The quantitative estimate of drug-likeness (QED) is 0.497. The normalized spacial score (nSPS) is 10.9. The van der Waals surface area contributed by atoms with Crippen LogP contribution in [0.15, 0.2) is 41.3 Å². The van der Waals surface area contributed by atoms with Crippen LogP contribution < -0.4 is 29.6 Å². The van der Waals surface area contributed by atoms with Gasteiger partial charge >= 0.3 is 29.6 Å². The first-order valence-corrected chi connectivity index (χ1v) is 7.85. The van der Waals surface area contributed by atoms with E-state index in [1.165, 1.54) is 0 Å². The van der Waals surface area contributed by atoms with Crippen molar-refractivity contribution in [3.8, 4) is 0 Å². The third-order valence-electron chi connectivity index (χ3n) is 3.42. The second kappa shape index (κ2) is 7.06. The van der Waals surface area contributed by atoms with Crippen molar-refractivity contribution in [3.05, 3.63) is 64.2 Å². The summed E-state index contributed by atoms with van der Waals surface area (Å²) < 4.78 is 32.5. The first kappa shape index (κ1) is 19.1. The van der Waals surface area contributed by atoms with Gasteiger partial charge in [-0.25, -0.2) is 0 Å². The molecule has 0 aliphatic heterocycles. The summed E-state index contributed by atoms with van der Waals surface area (Å²) in [4.78, 5) is 12.4. The third kappa shape index (κ3) is 3.67. The Balaban J connectivity index is 0.00000242. The van der Waals surface area contributed by atoms with Crippen molar-refractivity contribution in [2.45, 2.75) is 25.7 Å². The Morgan fingerprint density at radius 3 is 2.09 bits per heavy atom. The van der Waals surface area contributed by atoms with Gasteiger partial charge in [0.1, 0.15) is 4.90 Å². The summed E-state index contributed by atoms with van der Waals surface area (Å²) in [7, 11) is -4.37. The Hall–Kier alpha value is -0.980. The predicted molar refractivity (Wildman–Crippen MR) is 81.5 cm³/mol. The maximum absolute atomic E-state index is 12.6. The average Bonchev–Trinajstić information content (AvgIpc) is 2.37. The molecule has 2 rings (SSSR count). The number of carbonyl (C=O) groups excluding carboxylic acids is 1. The van der Waals surface area contributed by atoms with E-state index < -0.39 is 10.1 Å². The summed E-state index contributed by atoms with van der Waals surface area (Å²) in [5, 5.41) is 0. The molecule has 4 nitrogen and oxygen atoms in total. The fraction of sp³-hybridized carbons (Fsp3) is 0.188. The summed E-state index contributed by atoms with van der Waals surface area (Å²) in [6, 6.07) is 10.2. The van der Waals surface area contributed by atoms with Crippen LogP contribution in [0.3, 0.4) is 0 Å². The molecule has 0 heterocycles. The van der Waals surface area contributed by atoms with E-state index in [1.807, 2.05) is 0 Å². The van der Waals surface area contributed by atoms with E-state index in [1.54, 1.807) is 57.2 Å². The maximum atomic E-state index is 12.6. The topological polar surface area (TPSA) is 71.4 Å². The van der Waals surface area contributed by atoms with Gasteiger partial charge in [-0.1, -0.05) is 36.4 Å². The summed E-state index contributed by atoms with van der Waals surface area (Å²) >= 11 is 0. The number of aryl methyl sites for hydroxylation is 2. The molecule has 0 fully saturated rings. The van der Waals surface area contributed by atoms with E-state index in [-0.39, 0.29) is 47.2 Å². The van der Waals surface area contributed by atoms with Crippen molar-refractivity contribution in [3.63, 3.8) is 0 Å². The summed E-state index contributed by atoms with van der Waals surface area (Å²) in [5.74, 6) is -0.254. The van der Waals surface area contributed by atoms with Gasteiger partial charge < -0.3 is 1.43 Å². The van der Waals surface area contributed by atoms with Crippen LogP contribution in [0.4, 0.5) is 0 Å². The van der Waals surface area contributed by atoms with E-state index in [9.17, 15) is 17.8 Å². The zero-order chi connectivity index (χ0) is 15.8. The van der Waals surface area contributed by atoms with Crippen LogP contribution in [0.2, 0.25) is 0 Å². The molecule has 0 unspecified atom stereocenters. The van der Waals surface area contributed by atoms with Gasteiger partial charge in [0.15, 0.2) is 5.78 Å². The number of hydrogen-bond acceptors (Lipinski definition) is 3. The van der Waals surface area contributed by atoms with Gasteiger partial charge in [0.05, 0.1) is 0 Å². The van der Waals surface area contributed by atoms with Crippen LogP contribution in [0.25, 0.3) is 0 Å². The molecule has 0 bridgehead atoms. The molecule has 0 amide bonds. The minimum atomic E-state index is -4.37. The zero-order valence-corrected chi connectivity index (χ0v) is 15.9. The van der Waals surface area contributed by atoms with Crippen LogP contribution in [-0.2, 0) is 10.1 Å². The van der Waals surface area contributed by atoms with E-state index in [2.05, 4.69) is 0 Å². The molecule has 0 saturated heterocycles. The molecule has 0 saturated carbocycles. The van der Waals surface area contributed by atoms with Crippen LogP contribution in [0.1, 0.15) is 34.0 Å².